The van der Waals surface area contributed by atoms with Crippen LogP contribution in [-0.2, 0) is 4.79 Å². The summed E-state index contributed by atoms with van der Waals surface area (Å²) >= 11 is 5.76. The summed E-state index contributed by atoms with van der Waals surface area (Å²) in [6, 6.07) is 8.25. The Balaban J connectivity index is 2.70. The van der Waals surface area contributed by atoms with Gasteiger partial charge in [-0.15, -0.1) is 0 Å². The van der Waals surface area contributed by atoms with Gasteiger partial charge in [0, 0.05) is 5.02 Å². The number of benzene rings is 1. The lowest BCUT2D eigenvalue weighted by Gasteiger charge is -2.14. The van der Waals surface area contributed by atoms with Gasteiger partial charge >= 0.3 is 0 Å². The van der Waals surface area contributed by atoms with Crippen molar-refractivity contribution in [2.24, 2.45) is 0 Å². The van der Waals surface area contributed by atoms with Gasteiger partial charge in [-0.25, -0.2) is 0 Å². The lowest BCUT2D eigenvalue weighted by Crippen LogP contribution is -2.35. The molecule has 0 saturated carbocycles. The van der Waals surface area contributed by atoms with E-state index in [1.54, 1.807) is 43.3 Å². The number of likely N-dealkylation sites (N-methyl/N-ethyl adjacent to an activating group) is 1. The quantitative estimate of drug-likeness (QED) is 0.884. The second-order valence-electron chi connectivity index (χ2n) is 3.92. The molecule has 0 saturated heterocycles. The molecule has 1 N–H and O–H groups in total. The Morgan fingerprint density at radius 2 is 2.06 bits per heavy atom. The molecule has 0 spiro atoms. The van der Waals surface area contributed by atoms with Crippen molar-refractivity contribution in [3.63, 3.8) is 0 Å². The van der Waals surface area contributed by atoms with Crippen LogP contribution in [0.1, 0.15) is 11.6 Å². The van der Waals surface area contributed by atoms with E-state index in [0.29, 0.717) is 5.02 Å². The van der Waals surface area contributed by atoms with Crippen LogP contribution < -0.4 is 5.32 Å². The Morgan fingerprint density at radius 3 is 2.53 bits per heavy atom. The number of hydrogen-bond acceptors (Lipinski definition) is 3. The van der Waals surface area contributed by atoms with Crippen LogP contribution in [0.2, 0.25) is 5.02 Å². The van der Waals surface area contributed by atoms with Crippen LogP contribution in [0.15, 0.2) is 24.3 Å². The third-order valence-corrected chi connectivity index (χ3v) is 2.35. The largest absolute Gasteiger partial charge is 0.336 e. The molecule has 1 atom stereocenters. The molecule has 0 aliphatic rings. The summed E-state index contributed by atoms with van der Waals surface area (Å²) in [5.41, 5.74) is 0.726. The Kier molecular flexibility index (Phi) is 4.95. The van der Waals surface area contributed by atoms with Crippen LogP contribution in [0.3, 0.4) is 0 Å². The van der Waals surface area contributed by atoms with E-state index in [0.717, 1.165) is 5.56 Å². The molecule has 17 heavy (non-hydrogen) atoms. The van der Waals surface area contributed by atoms with Gasteiger partial charge in [0.15, 0.2) is 0 Å². The first-order chi connectivity index (χ1) is 8.02. The maximum atomic E-state index is 11.5. The number of nitrogens with one attached hydrogen (secondary N) is 1. The minimum Gasteiger partial charge on any atom is -0.336 e. The SMILES string of the molecule is CN(C)CC(=O)N[C@H](C#N)c1ccc(Cl)cc1. The molecular formula is C12H14ClN3O. The van der Waals surface area contributed by atoms with Gasteiger partial charge in [-0.2, -0.15) is 5.26 Å². The summed E-state index contributed by atoms with van der Waals surface area (Å²) < 4.78 is 0. The molecule has 0 aliphatic carbocycles. The van der Waals surface area contributed by atoms with Crippen LogP contribution >= 0.6 is 11.6 Å². The van der Waals surface area contributed by atoms with E-state index in [1.807, 2.05) is 6.07 Å². The highest BCUT2D eigenvalue weighted by molar-refractivity contribution is 6.30. The van der Waals surface area contributed by atoms with Crippen LogP contribution in [0.5, 0.6) is 0 Å². The van der Waals surface area contributed by atoms with E-state index in [4.69, 9.17) is 16.9 Å². The average molecular weight is 252 g/mol. The number of carbonyl (C=O) groups is 1. The molecule has 0 unspecified atom stereocenters. The number of nitrogens with zero attached hydrogens (tertiary/aromatic N) is 2. The fraction of sp³-hybridized carbons (Fsp3) is 0.333. The van der Waals surface area contributed by atoms with Crippen molar-refractivity contribution in [2.45, 2.75) is 6.04 Å². The van der Waals surface area contributed by atoms with Gasteiger partial charge in [0.2, 0.25) is 5.91 Å². The van der Waals surface area contributed by atoms with E-state index in [-0.39, 0.29) is 12.5 Å². The molecule has 1 amide bonds. The second-order valence-corrected chi connectivity index (χ2v) is 4.36. The van der Waals surface area contributed by atoms with Crippen molar-refractivity contribution in [3.8, 4) is 6.07 Å². The van der Waals surface area contributed by atoms with Gasteiger partial charge in [0.25, 0.3) is 0 Å². The van der Waals surface area contributed by atoms with E-state index in [1.165, 1.54) is 0 Å². The predicted octanol–water partition coefficient (Wildman–Crippen LogP) is 1.58. The van der Waals surface area contributed by atoms with Crippen molar-refractivity contribution in [3.05, 3.63) is 34.9 Å². The molecule has 0 bridgehead atoms. The zero-order chi connectivity index (χ0) is 12.8. The molecular weight excluding hydrogens is 238 g/mol. The highest BCUT2D eigenvalue weighted by Crippen LogP contribution is 2.15. The van der Waals surface area contributed by atoms with Crippen molar-refractivity contribution in [1.29, 1.82) is 5.26 Å². The summed E-state index contributed by atoms with van der Waals surface area (Å²) in [5.74, 6) is -0.184. The molecule has 0 radical (unpaired) electrons. The summed E-state index contributed by atoms with van der Waals surface area (Å²) in [5, 5.41) is 12.3. The van der Waals surface area contributed by atoms with E-state index < -0.39 is 6.04 Å². The molecule has 1 aromatic carbocycles. The first-order valence-electron chi connectivity index (χ1n) is 5.12. The van der Waals surface area contributed by atoms with Crippen molar-refractivity contribution in [2.75, 3.05) is 20.6 Å². The highest BCUT2D eigenvalue weighted by atomic mass is 35.5. The van der Waals surface area contributed by atoms with Gasteiger partial charge in [0.1, 0.15) is 6.04 Å². The Hall–Kier alpha value is -1.57. The number of halogens is 1. The Labute approximate surface area is 106 Å². The van der Waals surface area contributed by atoms with E-state index >= 15 is 0 Å². The summed E-state index contributed by atoms with van der Waals surface area (Å²) in [7, 11) is 3.59. The van der Waals surface area contributed by atoms with Gasteiger partial charge < -0.3 is 10.2 Å². The van der Waals surface area contributed by atoms with Crippen LogP contribution in [0, 0.1) is 11.3 Å². The summed E-state index contributed by atoms with van der Waals surface area (Å²) in [6.45, 7) is 0.256. The molecule has 0 aromatic heterocycles. The Bertz CT molecular complexity index is 422. The fourth-order valence-corrected chi connectivity index (χ4v) is 1.47. The molecule has 0 fully saturated rings. The molecule has 0 heterocycles. The lowest BCUT2D eigenvalue weighted by molar-refractivity contribution is -0.122. The van der Waals surface area contributed by atoms with E-state index in [9.17, 15) is 4.79 Å². The maximum Gasteiger partial charge on any atom is 0.235 e. The van der Waals surface area contributed by atoms with Crippen molar-refractivity contribution < 1.29 is 4.79 Å². The predicted molar refractivity (Wildman–Crippen MR) is 66.5 cm³/mol. The number of amides is 1. The topological polar surface area (TPSA) is 56.1 Å². The number of carbonyl (C=O) groups excluding carboxylic acids is 1. The smallest absolute Gasteiger partial charge is 0.235 e. The number of hydrogen-bond donors (Lipinski definition) is 1. The van der Waals surface area contributed by atoms with Crippen LogP contribution in [0.4, 0.5) is 0 Å². The molecule has 1 rings (SSSR count). The molecule has 1 aromatic rings. The number of nitriles is 1. The number of rotatable bonds is 4. The maximum absolute atomic E-state index is 11.5. The van der Waals surface area contributed by atoms with Gasteiger partial charge in [-0.3, -0.25) is 4.79 Å². The minimum atomic E-state index is -0.639. The van der Waals surface area contributed by atoms with Gasteiger partial charge in [-0.05, 0) is 31.8 Å². The summed E-state index contributed by atoms with van der Waals surface area (Å²) in [6.07, 6.45) is 0. The Morgan fingerprint density at radius 1 is 1.47 bits per heavy atom. The zero-order valence-corrected chi connectivity index (χ0v) is 10.5. The van der Waals surface area contributed by atoms with Gasteiger partial charge in [0.05, 0.1) is 12.6 Å². The standard InChI is InChI=1S/C12H14ClN3O/c1-16(2)8-12(17)15-11(7-14)9-3-5-10(13)6-4-9/h3-6,11H,8H2,1-2H3,(H,15,17)/t11-/m1/s1. The first kappa shape index (κ1) is 13.5. The second kappa shape index (κ2) is 6.24. The van der Waals surface area contributed by atoms with Crippen LogP contribution in [0.25, 0.3) is 0 Å². The minimum absolute atomic E-state index is 0.184. The average Bonchev–Trinajstić information content (AvgIpc) is 2.26. The van der Waals surface area contributed by atoms with E-state index in [2.05, 4.69) is 5.32 Å². The molecule has 90 valence electrons. The van der Waals surface area contributed by atoms with Gasteiger partial charge in [-0.1, -0.05) is 23.7 Å². The van der Waals surface area contributed by atoms with Crippen molar-refractivity contribution >= 4 is 17.5 Å². The molecule has 4 nitrogen and oxygen atoms in total. The normalized spacial score (nSPS) is 11.9. The third kappa shape index (κ3) is 4.43. The van der Waals surface area contributed by atoms with Crippen LogP contribution in [-0.4, -0.2) is 31.4 Å². The third-order valence-electron chi connectivity index (χ3n) is 2.10. The molecule has 0 aliphatic heterocycles. The monoisotopic (exact) mass is 251 g/mol. The first-order valence-corrected chi connectivity index (χ1v) is 5.50. The zero-order valence-electron chi connectivity index (χ0n) is 9.77. The molecule has 5 heteroatoms. The lowest BCUT2D eigenvalue weighted by atomic mass is 10.1. The van der Waals surface area contributed by atoms with Crippen molar-refractivity contribution in [1.82, 2.24) is 10.2 Å². The summed E-state index contributed by atoms with van der Waals surface area (Å²) in [4.78, 5) is 13.3. The fourth-order valence-electron chi connectivity index (χ4n) is 1.34. The highest BCUT2D eigenvalue weighted by Gasteiger charge is 2.13.